The number of morpholine rings is 1. The summed E-state index contributed by atoms with van der Waals surface area (Å²) in [6.45, 7) is 3.20. The Balaban J connectivity index is 1.38. The Morgan fingerprint density at radius 3 is 2.68 bits per heavy atom. The van der Waals surface area contributed by atoms with Crippen molar-refractivity contribution in [2.75, 3.05) is 44.7 Å². The minimum atomic E-state index is -3.59. The van der Waals surface area contributed by atoms with Crippen molar-refractivity contribution in [2.45, 2.75) is 23.8 Å². The van der Waals surface area contributed by atoms with Crippen LogP contribution in [-0.2, 0) is 19.6 Å². The normalized spacial score (nSPS) is 26.9. The Hall–Kier alpha value is -2.93. The largest absolute Gasteiger partial charge is 0.379 e. The van der Waals surface area contributed by atoms with Crippen molar-refractivity contribution in [3.8, 4) is 0 Å². The quantitative estimate of drug-likeness (QED) is 0.563. The molecule has 4 aliphatic rings. The van der Waals surface area contributed by atoms with Gasteiger partial charge in [-0.3, -0.25) is 4.79 Å². The number of benzene rings is 1. The first kappa shape index (κ1) is 22.8. The number of carbonyl (C=O) groups is 1. The van der Waals surface area contributed by atoms with E-state index in [0.717, 1.165) is 25.9 Å². The number of ether oxygens (including phenoxy) is 1. The second-order valence-corrected chi connectivity index (χ2v) is 10.3. The lowest BCUT2D eigenvalue weighted by Gasteiger charge is -2.27. The summed E-state index contributed by atoms with van der Waals surface area (Å²) in [4.78, 5) is 26.5. The summed E-state index contributed by atoms with van der Waals surface area (Å²) in [6, 6.07) is 6.52. The van der Waals surface area contributed by atoms with E-state index < -0.39 is 15.9 Å². The number of fused-ring (bicyclic) bond motifs is 1. The van der Waals surface area contributed by atoms with Crippen LogP contribution in [-0.4, -0.2) is 81.6 Å². The van der Waals surface area contributed by atoms with Crippen LogP contribution in [0, 0.1) is 5.92 Å². The number of guanidine groups is 1. The number of hydrogen-bond acceptors (Lipinski definition) is 7. The molecule has 1 unspecified atom stereocenters. The lowest BCUT2D eigenvalue weighted by molar-refractivity contribution is -0.120. The number of carbonyl (C=O) groups excluding carboxylic acids is 1. The Morgan fingerprint density at radius 2 is 1.94 bits per heavy atom. The van der Waals surface area contributed by atoms with Gasteiger partial charge < -0.3 is 20.7 Å². The van der Waals surface area contributed by atoms with Crippen LogP contribution in [0.4, 0.5) is 5.69 Å². The Labute approximate surface area is 198 Å². The number of amides is 1. The molecule has 34 heavy (non-hydrogen) atoms. The molecule has 180 valence electrons. The summed E-state index contributed by atoms with van der Waals surface area (Å²) in [5, 5.41) is 9.20. The number of sulfonamides is 1. The van der Waals surface area contributed by atoms with Gasteiger partial charge in [0.1, 0.15) is 11.8 Å². The predicted octanol–water partition coefficient (Wildman–Crippen LogP) is 0.340. The summed E-state index contributed by atoms with van der Waals surface area (Å²) in [5.74, 6) is -0.200. The van der Waals surface area contributed by atoms with Gasteiger partial charge in [0.15, 0.2) is 0 Å². The maximum absolute atomic E-state index is 12.9. The van der Waals surface area contributed by atoms with E-state index in [9.17, 15) is 13.2 Å². The molecule has 2 atom stereocenters. The third-order valence-electron chi connectivity index (χ3n) is 6.06. The van der Waals surface area contributed by atoms with Gasteiger partial charge in [-0.2, -0.15) is 9.30 Å². The summed E-state index contributed by atoms with van der Waals surface area (Å²) in [6.07, 6.45) is 5.30. The number of nitrogens with one attached hydrogen (secondary N) is 3. The van der Waals surface area contributed by atoms with Crippen molar-refractivity contribution < 1.29 is 17.9 Å². The summed E-state index contributed by atoms with van der Waals surface area (Å²) < 4.78 is 32.4. The molecule has 4 aliphatic heterocycles. The molecule has 0 aromatic heterocycles. The average Bonchev–Trinajstić information content (AvgIpc) is 2.85. The molecule has 0 spiro atoms. The molecule has 5 rings (SSSR count). The number of amidine groups is 1. The topological polar surface area (TPSA) is 137 Å². The molecule has 12 heteroatoms. The van der Waals surface area contributed by atoms with E-state index in [1.165, 1.54) is 4.31 Å². The number of nitrogens with zero attached hydrogens (tertiary/aromatic N) is 4. The van der Waals surface area contributed by atoms with Crippen LogP contribution in [0.2, 0.25) is 0 Å². The van der Waals surface area contributed by atoms with Gasteiger partial charge in [-0.15, -0.1) is 0 Å². The molecule has 0 radical (unpaired) electrons. The Kier molecular flexibility index (Phi) is 6.55. The fraction of sp³-hybridized carbons (Fsp3) is 0.455. The number of hydrogen-bond donors (Lipinski definition) is 3. The summed E-state index contributed by atoms with van der Waals surface area (Å²) >= 11 is 0. The molecule has 3 N–H and O–H groups in total. The van der Waals surface area contributed by atoms with Crippen molar-refractivity contribution in [3.05, 3.63) is 36.5 Å². The Morgan fingerprint density at radius 1 is 1.15 bits per heavy atom. The highest BCUT2D eigenvalue weighted by Crippen LogP contribution is 2.22. The highest BCUT2D eigenvalue weighted by atomic mass is 32.2. The van der Waals surface area contributed by atoms with Crippen LogP contribution in [0.15, 0.2) is 56.4 Å². The monoisotopic (exact) mass is 485 g/mol. The minimum absolute atomic E-state index is 0.0840. The van der Waals surface area contributed by atoms with Crippen molar-refractivity contribution in [1.82, 2.24) is 14.9 Å². The van der Waals surface area contributed by atoms with Crippen LogP contribution in [0.3, 0.4) is 0 Å². The van der Waals surface area contributed by atoms with E-state index in [0.29, 0.717) is 49.5 Å². The van der Waals surface area contributed by atoms with Crippen molar-refractivity contribution >= 4 is 39.1 Å². The van der Waals surface area contributed by atoms with E-state index >= 15 is 0 Å². The van der Waals surface area contributed by atoms with Gasteiger partial charge in [0.05, 0.1) is 29.9 Å². The smallest absolute Gasteiger partial charge is 0.246 e. The van der Waals surface area contributed by atoms with Gasteiger partial charge in [0.25, 0.3) is 0 Å². The van der Waals surface area contributed by atoms with Gasteiger partial charge in [-0.05, 0) is 49.7 Å². The maximum atomic E-state index is 12.9. The Bertz CT molecular complexity index is 1160. The van der Waals surface area contributed by atoms with Gasteiger partial charge in [-0.25, -0.2) is 18.4 Å². The number of anilines is 1. The zero-order valence-corrected chi connectivity index (χ0v) is 19.4. The van der Waals surface area contributed by atoms with E-state index in [1.54, 1.807) is 36.5 Å². The van der Waals surface area contributed by atoms with Crippen LogP contribution in [0.25, 0.3) is 0 Å². The number of allylic oxidation sites excluding steroid dienone is 1. The summed E-state index contributed by atoms with van der Waals surface area (Å²) in [7, 11) is -3.59. The first-order chi connectivity index (χ1) is 16.5. The van der Waals surface area contributed by atoms with E-state index in [2.05, 4.69) is 30.9 Å². The highest BCUT2D eigenvalue weighted by molar-refractivity contribution is 7.89. The lowest BCUT2D eigenvalue weighted by Crippen LogP contribution is -2.46. The zero-order valence-electron chi connectivity index (χ0n) is 18.6. The van der Waals surface area contributed by atoms with Crippen LogP contribution >= 0.6 is 0 Å². The molecule has 4 heterocycles. The van der Waals surface area contributed by atoms with E-state index in [-0.39, 0.29) is 16.8 Å². The lowest BCUT2D eigenvalue weighted by atomic mass is 9.97. The number of aliphatic imine (C=N–C) groups is 3. The SMILES string of the molecule is O=C1NC=CC2=NC(=N[C@@H]3CCCNC3)N=C(Nc3ccc(S(=O)(=O)N4CCOCC4)cc3)C12. The standard InChI is InChI=1S/C22H27N7O4S/c30-21-19-18(7-9-24-21)27-22(26-16-2-1-8-23-14-16)28-20(19)25-15-3-5-17(6-4-15)34(31,32)29-10-12-33-13-11-29/h3-7,9,16,19,23H,1-2,8,10-14H2,(H,24,30)(H,25,26,28)/t16-,19?/m1/s1. The third-order valence-corrected chi connectivity index (χ3v) is 7.98. The summed E-state index contributed by atoms with van der Waals surface area (Å²) in [5.41, 5.74) is 1.18. The highest BCUT2D eigenvalue weighted by Gasteiger charge is 2.35. The molecule has 11 nitrogen and oxygen atoms in total. The molecule has 0 saturated carbocycles. The fourth-order valence-corrected chi connectivity index (χ4v) is 5.67. The van der Waals surface area contributed by atoms with Crippen LogP contribution < -0.4 is 16.0 Å². The first-order valence-corrected chi connectivity index (χ1v) is 12.8. The van der Waals surface area contributed by atoms with Gasteiger partial charge in [0, 0.05) is 31.5 Å². The molecule has 2 saturated heterocycles. The molecule has 0 aliphatic carbocycles. The minimum Gasteiger partial charge on any atom is -0.379 e. The fourth-order valence-electron chi connectivity index (χ4n) is 4.26. The van der Waals surface area contributed by atoms with Crippen LogP contribution in [0.1, 0.15) is 12.8 Å². The van der Waals surface area contributed by atoms with Crippen molar-refractivity contribution in [2.24, 2.45) is 20.9 Å². The van der Waals surface area contributed by atoms with Gasteiger partial charge >= 0.3 is 0 Å². The maximum Gasteiger partial charge on any atom is 0.246 e. The molecular weight excluding hydrogens is 458 g/mol. The van der Waals surface area contributed by atoms with Gasteiger partial charge in [-0.1, -0.05) is 0 Å². The number of rotatable bonds is 4. The molecule has 2 fully saturated rings. The number of piperidine rings is 1. The van der Waals surface area contributed by atoms with Gasteiger partial charge in [0.2, 0.25) is 21.9 Å². The van der Waals surface area contributed by atoms with Crippen molar-refractivity contribution in [3.63, 3.8) is 0 Å². The predicted molar refractivity (Wildman–Crippen MR) is 129 cm³/mol. The van der Waals surface area contributed by atoms with Crippen LogP contribution in [0.5, 0.6) is 0 Å². The van der Waals surface area contributed by atoms with Crippen molar-refractivity contribution in [1.29, 1.82) is 0 Å². The van der Waals surface area contributed by atoms with E-state index in [4.69, 9.17) is 4.74 Å². The molecule has 1 amide bonds. The first-order valence-electron chi connectivity index (χ1n) is 11.4. The second kappa shape index (κ2) is 9.74. The molecule has 0 bridgehead atoms. The molecular formula is C22H27N7O4S. The third kappa shape index (κ3) is 4.80. The average molecular weight is 486 g/mol. The molecule has 1 aromatic rings. The second-order valence-electron chi connectivity index (χ2n) is 8.40. The van der Waals surface area contributed by atoms with E-state index in [1.807, 2.05) is 0 Å². The molecule has 1 aromatic carbocycles. The zero-order chi connectivity index (χ0) is 23.5.